The van der Waals surface area contributed by atoms with Crippen LogP contribution >= 0.6 is 0 Å². The lowest BCUT2D eigenvalue weighted by molar-refractivity contribution is 0.0691. The number of rotatable bonds is 3. The van der Waals surface area contributed by atoms with Crippen molar-refractivity contribution >= 4 is 5.97 Å². The summed E-state index contributed by atoms with van der Waals surface area (Å²) in [5.41, 5.74) is 1.87. The molecule has 2 heterocycles. The molecule has 5 heteroatoms. The number of hydrogen-bond acceptors (Lipinski definition) is 3. The molecule has 0 fully saturated rings. The molecular formula is C11H11N3O2. The summed E-state index contributed by atoms with van der Waals surface area (Å²) in [7, 11) is 0. The van der Waals surface area contributed by atoms with Gasteiger partial charge < -0.3 is 9.67 Å². The smallest absolute Gasteiger partial charge is 0.356 e. The predicted molar refractivity (Wildman–Crippen MR) is 57.3 cm³/mol. The van der Waals surface area contributed by atoms with Crippen LogP contribution in [0.2, 0.25) is 0 Å². The zero-order valence-electron chi connectivity index (χ0n) is 8.79. The van der Waals surface area contributed by atoms with Crippen molar-refractivity contribution in [3.63, 3.8) is 0 Å². The third kappa shape index (κ3) is 2.25. The molecule has 0 spiro atoms. The van der Waals surface area contributed by atoms with Gasteiger partial charge in [0.2, 0.25) is 0 Å². The third-order valence-electron chi connectivity index (χ3n) is 2.14. The number of carbonyl (C=O) groups is 1. The van der Waals surface area contributed by atoms with Gasteiger partial charge in [-0.25, -0.2) is 9.78 Å². The fraction of sp³-hybridized carbons (Fsp3) is 0.182. The summed E-state index contributed by atoms with van der Waals surface area (Å²) in [6, 6.07) is 5.74. The molecule has 0 amide bonds. The molecule has 0 radical (unpaired) electrons. The standard InChI is InChI=1S/C11H11N3O2/c1-8-3-2-4-9(13-8)5-14-6-10(11(15)16)12-7-14/h2-4,6-7H,5H2,1H3,(H,15,16). The van der Waals surface area contributed by atoms with E-state index in [1.54, 1.807) is 4.57 Å². The third-order valence-corrected chi connectivity index (χ3v) is 2.14. The molecule has 0 saturated heterocycles. The van der Waals surface area contributed by atoms with Crippen molar-refractivity contribution in [2.24, 2.45) is 0 Å². The lowest BCUT2D eigenvalue weighted by Crippen LogP contribution is -2.00. The molecule has 82 valence electrons. The predicted octanol–water partition coefficient (Wildman–Crippen LogP) is 1.33. The van der Waals surface area contributed by atoms with Gasteiger partial charge in [0.15, 0.2) is 5.69 Å². The number of aromatic carboxylic acids is 1. The zero-order chi connectivity index (χ0) is 11.5. The summed E-state index contributed by atoms with van der Waals surface area (Å²) in [6.07, 6.45) is 2.99. The quantitative estimate of drug-likeness (QED) is 0.842. The number of hydrogen-bond donors (Lipinski definition) is 1. The molecule has 0 aliphatic rings. The van der Waals surface area contributed by atoms with E-state index >= 15 is 0 Å². The van der Waals surface area contributed by atoms with Gasteiger partial charge in [-0.2, -0.15) is 0 Å². The number of aryl methyl sites for hydroxylation is 1. The van der Waals surface area contributed by atoms with Crippen LogP contribution in [0.5, 0.6) is 0 Å². The average molecular weight is 217 g/mol. The van der Waals surface area contributed by atoms with Crippen LogP contribution < -0.4 is 0 Å². The van der Waals surface area contributed by atoms with Crippen LogP contribution in [0.1, 0.15) is 21.9 Å². The Morgan fingerprint density at radius 3 is 2.94 bits per heavy atom. The van der Waals surface area contributed by atoms with E-state index in [0.717, 1.165) is 11.4 Å². The molecule has 2 aromatic rings. The molecule has 0 aliphatic carbocycles. The Hall–Kier alpha value is -2.17. The van der Waals surface area contributed by atoms with Gasteiger partial charge in [-0.3, -0.25) is 4.98 Å². The fourth-order valence-electron chi connectivity index (χ4n) is 1.43. The number of carboxylic acid groups (broad SMARTS) is 1. The first-order valence-corrected chi connectivity index (χ1v) is 4.83. The van der Waals surface area contributed by atoms with Gasteiger partial charge in [-0.15, -0.1) is 0 Å². The highest BCUT2D eigenvalue weighted by Crippen LogP contribution is 2.03. The van der Waals surface area contributed by atoms with E-state index in [4.69, 9.17) is 5.11 Å². The van der Waals surface area contributed by atoms with E-state index in [2.05, 4.69) is 9.97 Å². The minimum Gasteiger partial charge on any atom is -0.476 e. The molecule has 2 aromatic heterocycles. The highest BCUT2D eigenvalue weighted by molar-refractivity contribution is 5.84. The summed E-state index contributed by atoms with van der Waals surface area (Å²) >= 11 is 0. The van der Waals surface area contributed by atoms with Crippen LogP contribution in [0.25, 0.3) is 0 Å². The fourth-order valence-corrected chi connectivity index (χ4v) is 1.43. The van der Waals surface area contributed by atoms with Gasteiger partial charge >= 0.3 is 5.97 Å². The van der Waals surface area contributed by atoms with Gasteiger partial charge in [-0.1, -0.05) is 6.07 Å². The zero-order valence-corrected chi connectivity index (χ0v) is 8.79. The molecule has 0 bridgehead atoms. The SMILES string of the molecule is Cc1cccc(Cn2cnc(C(=O)O)c2)n1. The maximum Gasteiger partial charge on any atom is 0.356 e. The Balaban J connectivity index is 2.17. The number of nitrogens with zero attached hydrogens (tertiary/aromatic N) is 3. The normalized spacial score (nSPS) is 10.3. The van der Waals surface area contributed by atoms with Crippen LogP contribution in [0.15, 0.2) is 30.7 Å². The molecule has 16 heavy (non-hydrogen) atoms. The van der Waals surface area contributed by atoms with E-state index in [1.165, 1.54) is 12.5 Å². The Morgan fingerprint density at radius 1 is 1.50 bits per heavy atom. The Labute approximate surface area is 92.4 Å². The molecule has 0 aromatic carbocycles. The van der Waals surface area contributed by atoms with E-state index in [9.17, 15) is 4.79 Å². The minimum absolute atomic E-state index is 0.0488. The monoisotopic (exact) mass is 217 g/mol. The molecule has 0 saturated carbocycles. The van der Waals surface area contributed by atoms with Crippen molar-refractivity contribution in [3.05, 3.63) is 47.8 Å². The second-order valence-corrected chi connectivity index (χ2v) is 3.51. The second-order valence-electron chi connectivity index (χ2n) is 3.51. The molecular weight excluding hydrogens is 206 g/mol. The molecule has 2 rings (SSSR count). The number of imidazole rings is 1. The Kier molecular flexibility index (Phi) is 2.68. The van der Waals surface area contributed by atoms with Crippen LogP contribution in [0.4, 0.5) is 0 Å². The minimum atomic E-state index is -1.02. The molecule has 0 unspecified atom stereocenters. The maximum absolute atomic E-state index is 10.6. The second kappa shape index (κ2) is 4.14. The number of carboxylic acids is 1. The highest BCUT2D eigenvalue weighted by Gasteiger charge is 2.06. The van der Waals surface area contributed by atoms with E-state index in [1.807, 2.05) is 25.1 Å². The van der Waals surface area contributed by atoms with Crippen molar-refractivity contribution in [2.45, 2.75) is 13.5 Å². The first kappa shape index (κ1) is 10.4. The first-order valence-electron chi connectivity index (χ1n) is 4.83. The van der Waals surface area contributed by atoms with E-state index < -0.39 is 5.97 Å². The molecule has 5 nitrogen and oxygen atoms in total. The average Bonchev–Trinajstić information content (AvgIpc) is 2.66. The first-order chi connectivity index (χ1) is 7.65. The van der Waals surface area contributed by atoms with Gasteiger partial charge in [0.1, 0.15) is 0 Å². The van der Waals surface area contributed by atoms with E-state index in [-0.39, 0.29) is 5.69 Å². The number of aromatic nitrogens is 3. The Morgan fingerprint density at radius 2 is 2.31 bits per heavy atom. The summed E-state index contributed by atoms with van der Waals surface area (Å²) in [6.45, 7) is 2.45. The van der Waals surface area contributed by atoms with Crippen LogP contribution in [-0.2, 0) is 6.54 Å². The van der Waals surface area contributed by atoms with Gasteiger partial charge in [-0.05, 0) is 19.1 Å². The molecule has 0 aliphatic heterocycles. The van der Waals surface area contributed by atoms with Crippen molar-refractivity contribution < 1.29 is 9.90 Å². The van der Waals surface area contributed by atoms with Gasteiger partial charge in [0, 0.05) is 11.9 Å². The summed E-state index contributed by atoms with van der Waals surface area (Å²) < 4.78 is 1.70. The Bertz CT molecular complexity index is 519. The lowest BCUT2D eigenvalue weighted by atomic mass is 10.3. The summed E-state index contributed by atoms with van der Waals surface area (Å²) in [4.78, 5) is 18.7. The molecule has 1 N–H and O–H groups in total. The van der Waals surface area contributed by atoms with Crippen molar-refractivity contribution in [3.8, 4) is 0 Å². The van der Waals surface area contributed by atoms with Crippen molar-refractivity contribution in [1.29, 1.82) is 0 Å². The maximum atomic E-state index is 10.6. The van der Waals surface area contributed by atoms with E-state index in [0.29, 0.717) is 6.54 Å². The molecule has 0 atom stereocenters. The van der Waals surface area contributed by atoms with Crippen LogP contribution in [0, 0.1) is 6.92 Å². The largest absolute Gasteiger partial charge is 0.476 e. The van der Waals surface area contributed by atoms with Crippen LogP contribution in [0.3, 0.4) is 0 Å². The van der Waals surface area contributed by atoms with Crippen LogP contribution in [-0.4, -0.2) is 25.6 Å². The highest BCUT2D eigenvalue weighted by atomic mass is 16.4. The topological polar surface area (TPSA) is 68.0 Å². The van der Waals surface area contributed by atoms with Gasteiger partial charge in [0.25, 0.3) is 0 Å². The van der Waals surface area contributed by atoms with Gasteiger partial charge in [0.05, 0.1) is 18.6 Å². The van der Waals surface area contributed by atoms with Crippen molar-refractivity contribution in [2.75, 3.05) is 0 Å². The number of pyridine rings is 1. The summed E-state index contributed by atoms with van der Waals surface area (Å²) in [5, 5.41) is 8.72. The van der Waals surface area contributed by atoms with Crippen molar-refractivity contribution in [1.82, 2.24) is 14.5 Å². The lowest BCUT2D eigenvalue weighted by Gasteiger charge is -2.01. The summed E-state index contributed by atoms with van der Waals surface area (Å²) in [5.74, 6) is -1.02.